The van der Waals surface area contributed by atoms with Gasteiger partial charge in [0, 0.05) is 29.9 Å². The zero-order valence-corrected chi connectivity index (χ0v) is 19.8. The van der Waals surface area contributed by atoms with E-state index >= 15 is 0 Å². The highest BCUT2D eigenvalue weighted by molar-refractivity contribution is 8.26. The highest BCUT2D eigenvalue weighted by Crippen LogP contribution is 2.52. The van der Waals surface area contributed by atoms with Crippen molar-refractivity contribution < 1.29 is 19.4 Å². The van der Waals surface area contributed by atoms with Crippen LogP contribution < -0.4 is 9.64 Å². The Kier molecular flexibility index (Phi) is 5.88. The summed E-state index contributed by atoms with van der Waals surface area (Å²) in [6, 6.07) is 15.0. The van der Waals surface area contributed by atoms with Crippen LogP contribution in [-0.2, 0) is 9.59 Å². The zero-order chi connectivity index (χ0) is 23.1. The fourth-order valence-corrected chi connectivity index (χ4v) is 6.40. The van der Waals surface area contributed by atoms with Crippen LogP contribution in [0.1, 0.15) is 42.7 Å². The maximum atomic E-state index is 12.8. The van der Waals surface area contributed by atoms with Crippen LogP contribution in [0.15, 0.2) is 47.4 Å². The number of hydrogen-bond donors (Lipinski definition) is 1. The number of thiocarbonyl (C=S) groups is 1. The number of nitrogens with zero attached hydrogens (tertiary/aromatic N) is 2. The first-order chi connectivity index (χ1) is 16.0. The third kappa shape index (κ3) is 4.02. The molecule has 1 amide bonds. The Bertz CT molecular complexity index is 1160. The zero-order valence-electron chi connectivity index (χ0n) is 18.2. The fourth-order valence-electron chi connectivity index (χ4n) is 5.10. The molecule has 0 aromatic heterocycles. The molecule has 6 nitrogen and oxygen atoms in total. The second-order valence-corrected chi connectivity index (χ2v) is 10.1. The van der Waals surface area contributed by atoms with Crippen LogP contribution in [0.5, 0.6) is 5.75 Å². The number of carboxylic acid groups (broad SMARTS) is 1. The van der Waals surface area contributed by atoms with Crippen molar-refractivity contribution in [1.29, 1.82) is 0 Å². The van der Waals surface area contributed by atoms with Gasteiger partial charge in [-0.1, -0.05) is 36.5 Å². The lowest BCUT2D eigenvalue weighted by molar-refractivity contribution is -0.137. The molecule has 5 rings (SSSR count). The van der Waals surface area contributed by atoms with Crippen LogP contribution in [0, 0.1) is 0 Å². The molecule has 0 radical (unpaired) electrons. The number of aliphatic carboxylic acids is 1. The lowest BCUT2D eigenvalue weighted by atomic mass is 9.96. The topological polar surface area (TPSA) is 70.1 Å². The smallest absolute Gasteiger partial charge is 0.305 e. The van der Waals surface area contributed by atoms with Gasteiger partial charge in [0.05, 0.1) is 18.4 Å². The van der Waals surface area contributed by atoms with Crippen molar-refractivity contribution in [3.63, 3.8) is 0 Å². The first-order valence-electron chi connectivity index (χ1n) is 11.0. The molecule has 2 aromatic carbocycles. The van der Waals surface area contributed by atoms with Crippen molar-refractivity contribution in [1.82, 2.24) is 4.90 Å². The second-order valence-electron chi connectivity index (χ2n) is 8.47. The van der Waals surface area contributed by atoms with Crippen LogP contribution in [-0.4, -0.2) is 45.9 Å². The second kappa shape index (κ2) is 8.83. The predicted octanol–water partition coefficient (Wildman–Crippen LogP) is 5.16. The van der Waals surface area contributed by atoms with Crippen LogP contribution in [0.2, 0.25) is 0 Å². The summed E-state index contributed by atoms with van der Waals surface area (Å²) in [6.45, 7) is 0.0993. The van der Waals surface area contributed by atoms with Crippen molar-refractivity contribution >= 4 is 57.6 Å². The summed E-state index contributed by atoms with van der Waals surface area (Å²) in [7, 11) is 1.68. The largest absolute Gasteiger partial charge is 0.497 e. The Balaban J connectivity index is 1.44. The minimum Gasteiger partial charge on any atom is -0.497 e. The molecular formula is C25H24N2O4S2. The monoisotopic (exact) mass is 480 g/mol. The van der Waals surface area contributed by atoms with Gasteiger partial charge in [-0.2, -0.15) is 0 Å². The van der Waals surface area contributed by atoms with Crippen molar-refractivity contribution in [3.8, 4) is 5.75 Å². The van der Waals surface area contributed by atoms with Gasteiger partial charge >= 0.3 is 5.97 Å². The van der Waals surface area contributed by atoms with Crippen molar-refractivity contribution in [2.75, 3.05) is 18.6 Å². The third-order valence-electron chi connectivity index (χ3n) is 6.59. The number of hydrogen-bond acceptors (Lipinski definition) is 6. The molecule has 2 unspecified atom stereocenters. The molecule has 8 heteroatoms. The van der Waals surface area contributed by atoms with Crippen molar-refractivity contribution in [2.45, 2.75) is 37.6 Å². The molecular weight excluding hydrogens is 456 g/mol. The molecule has 0 bridgehead atoms. The van der Waals surface area contributed by atoms with Crippen molar-refractivity contribution in [2.24, 2.45) is 0 Å². The van der Waals surface area contributed by atoms with E-state index in [1.165, 1.54) is 40.0 Å². The number of benzene rings is 2. The van der Waals surface area contributed by atoms with E-state index in [1.807, 2.05) is 24.3 Å². The van der Waals surface area contributed by atoms with Gasteiger partial charge in [0.1, 0.15) is 10.1 Å². The Morgan fingerprint density at radius 1 is 1.24 bits per heavy atom. The molecule has 0 spiro atoms. The Hall–Kier alpha value is -2.84. The number of carboxylic acids is 1. The van der Waals surface area contributed by atoms with E-state index < -0.39 is 5.97 Å². The van der Waals surface area contributed by atoms with Gasteiger partial charge in [0.2, 0.25) is 0 Å². The summed E-state index contributed by atoms with van der Waals surface area (Å²) < 4.78 is 5.73. The summed E-state index contributed by atoms with van der Waals surface area (Å²) in [5.41, 5.74) is 4.68. The standard InChI is InChI=1S/C25H24N2O4S2/c1-31-17-8-6-16(7-9-17)27-20-4-2-3-18(20)19-13-15(5-10-21(19)27)14-22-24(30)26(25(32)33-22)12-11-23(28)29/h5-10,13-14,18,20H,2-4,11-12H2,1H3,(H,28,29)/b22-14+. The first-order valence-corrected chi connectivity index (χ1v) is 12.2. The summed E-state index contributed by atoms with van der Waals surface area (Å²) in [5, 5.41) is 8.93. The Morgan fingerprint density at radius 3 is 2.76 bits per heavy atom. The lowest BCUT2D eigenvalue weighted by Gasteiger charge is -2.27. The van der Waals surface area contributed by atoms with Crippen LogP contribution in [0.3, 0.4) is 0 Å². The Morgan fingerprint density at radius 2 is 2.03 bits per heavy atom. The highest BCUT2D eigenvalue weighted by Gasteiger charge is 2.42. The highest BCUT2D eigenvalue weighted by atomic mass is 32.2. The number of amides is 1. The molecule has 2 aromatic rings. The summed E-state index contributed by atoms with van der Waals surface area (Å²) in [5.74, 6) is 0.155. The Labute approximate surface area is 202 Å². The van der Waals surface area contributed by atoms with E-state index in [1.54, 1.807) is 7.11 Å². The molecule has 1 N–H and O–H groups in total. The first kappa shape index (κ1) is 22.0. The number of carbonyl (C=O) groups is 2. The van der Waals surface area contributed by atoms with Crippen LogP contribution in [0.25, 0.3) is 6.08 Å². The number of methoxy groups -OCH3 is 1. The fraction of sp³-hybridized carbons (Fsp3) is 0.320. The number of ether oxygens (including phenoxy) is 1. The van der Waals surface area contributed by atoms with Gasteiger partial charge in [-0.25, -0.2) is 0 Å². The number of carbonyl (C=O) groups excluding carboxylic acids is 1. The van der Waals surface area contributed by atoms with Crippen molar-refractivity contribution in [3.05, 3.63) is 58.5 Å². The van der Waals surface area contributed by atoms with Gasteiger partial charge in [-0.05, 0) is 66.4 Å². The molecule has 170 valence electrons. The number of thioether (sulfide) groups is 1. The van der Waals surface area contributed by atoms with Crippen LogP contribution >= 0.6 is 24.0 Å². The molecule has 2 fully saturated rings. The van der Waals surface area contributed by atoms with Gasteiger partial charge in [0.25, 0.3) is 5.91 Å². The summed E-state index contributed by atoms with van der Waals surface area (Å²) in [4.78, 5) is 28.0. The summed E-state index contributed by atoms with van der Waals surface area (Å²) in [6.07, 6.45) is 5.27. The quantitative estimate of drug-likeness (QED) is 0.452. The van der Waals surface area contributed by atoms with Gasteiger partial charge in [-0.3, -0.25) is 14.5 Å². The normalized spacial score (nSPS) is 22.8. The van der Waals surface area contributed by atoms with E-state index in [9.17, 15) is 9.59 Å². The molecule has 3 aliphatic rings. The average Bonchev–Trinajstić information content (AvgIpc) is 3.46. The minimum atomic E-state index is -0.945. The van der Waals surface area contributed by atoms with E-state index in [0.29, 0.717) is 21.2 Å². The molecule has 2 atom stereocenters. The molecule has 33 heavy (non-hydrogen) atoms. The number of anilines is 2. The van der Waals surface area contributed by atoms with Gasteiger partial charge in [-0.15, -0.1) is 0 Å². The maximum absolute atomic E-state index is 12.8. The van der Waals surface area contributed by atoms with Crippen LogP contribution in [0.4, 0.5) is 11.4 Å². The molecule has 1 saturated heterocycles. The summed E-state index contributed by atoms with van der Waals surface area (Å²) >= 11 is 6.55. The predicted molar refractivity (Wildman–Crippen MR) is 134 cm³/mol. The van der Waals surface area contributed by atoms with E-state index in [2.05, 4.69) is 29.2 Å². The van der Waals surface area contributed by atoms with E-state index in [0.717, 1.165) is 24.2 Å². The average molecular weight is 481 g/mol. The molecule has 1 saturated carbocycles. The van der Waals surface area contributed by atoms with Gasteiger partial charge in [0.15, 0.2) is 0 Å². The number of fused-ring (bicyclic) bond motifs is 3. The maximum Gasteiger partial charge on any atom is 0.305 e. The molecule has 2 aliphatic heterocycles. The number of rotatable bonds is 6. The molecule has 2 heterocycles. The van der Waals surface area contributed by atoms with Gasteiger partial charge < -0.3 is 14.7 Å². The van der Waals surface area contributed by atoms with E-state index in [-0.39, 0.29) is 18.9 Å². The minimum absolute atomic E-state index is 0.0993. The lowest BCUT2D eigenvalue weighted by Crippen LogP contribution is -2.30. The molecule has 1 aliphatic carbocycles. The van der Waals surface area contributed by atoms with E-state index in [4.69, 9.17) is 22.1 Å². The third-order valence-corrected chi connectivity index (χ3v) is 7.97. The SMILES string of the molecule is COc1ccc(N2c3ccc(/C=C4/SC(=S)N(CCC(=O)O)C4=O)cc3C3CCCC32)cc1.